The average Bonchev–Trinajstić information content (AvgIpc) is 2.87. The number of benzene rings is 2. The number of hydrogen-bond acceptors (Lipinski definition) is 4. The fourth-order valence-corrected chi connectivity index (χ4v) is 3.02. The predicted octanol–water partition coefficient (Wildman–Crippen LogP) is 3.63. The molecule has 2 aromatic rings. The van der Waals surface area contributed by atoms with Crippen molar-refractivity contribution in [2.75, 3.05) is 24.7 Å². The van der Waals surface area contributed by atoms with Crippen molar-refractivity contribution in [3.05, 3.63) is 54.1 Å². The molecule has 0 N–H and O–H groups in total. The highest BCUT2D eigenvalue weighted by molar-refractivity contribution is 6.14. The number of carbonyl (C=O) groups excluding carboxylic acids is 2. The first-order valence-corrected chi connectivity index (χ1v) is 9.08. The van der Waals surface area contributed by atoms with E-state index in [1.54, 1.807) is 19.1 Å². The number of anilines is 1. The van der Waals surface area contributed by atoms with E-state index in [4.69, 9.17) is 9.47 Å². The molecule has 0 aromatic heterocycles. The molecule has 1 saturated heterocycles. The van der Waals surface area contributed by atoms with Gasteiger partial charge in [0.15, 0.2) is 0 Å². The topological polar surface area (TPSA) is 59.1 Å². The van der Waals surface area contributed by atoms with Crippen LogP contribution in [0.1, 0.15) is 19.4 Å². The Balaban J connectivity index is 1.60. The summed E-state index contributed by atoms with van der Waals surface area (Å²) in [6.45, 7) is 6.70. The molecule has 1 heterocycles. The third kappa shape index (κ3) is 4.05. The van der Waals surface area contributed by atoms with Crippen molar-refractivity contribution >= 4 is 17.6 Å². The second-order valence-electron chi connectivity index (χ2n) is 6.41. The highest BCUT2D eigenvalue weighted by Gasteiger charge is 2.43. The zero-order valence-corrected chi connectivity index (χ0v) is 15.8. The van der Waals surface area contributed by atoms with Crippen molar-refractivity contribution < 1.29 is 19.1 Å². The smallest absolute Gasteiger partial charge is 0.332 e. The lowest BCUT2D eigenvalue weighted by Crippen LogP contribution is -2.36. The summed E-state index contributed by atoms with van der Waals surface area (Å²) in [4.78, 5) is 28.0. The van der Waals surface area contributed by atoms with Crippen LogP contribution >= 0.6 is 0 Å². The summed E-state index contributed by atoms with van der Waals surface area (Å²) >= 11 is 0. The molecular formula is C21H24N2O4. The standard InChI is InChI=1S/C21H24N2O4/c1-4-26-18-9-11-19(12-10-18)27-14-13-22-20(24)16(3)23(21(22)25)17-7-5-15(2)6-8-17/h5-12,16H,4,13-14H2,1-3H3. The van der Waals surface area contributed by atoms with Gasteiger partial charge in [0.1, 0.15) is 24.1 Å². The lowest BCUT2D eigenvalue weighted by Gasteiger charge is -2.19. The van der Waals surface area contributed by atoms with Crippen LogP contribution in [0.4, 0.5) is 10.5 Å². The van der Waals surface area contributed by atoms with Crippen molar-refractivity contribution in [3.8, 4) is 11.5 Å². The molecule has 6 nitrogen and oxygen atoms in total. The van der Waals surface area contributed by atoms with E-state index in [1.807, 2.05) is 50.2 Å². The molecule has 27 heavy (non-hydrogen) atoms. The van der Waals surface area contributed by atoms with Gasteiger partial charge in [-0.1, -0.05) is 17.7 Å². The van der Waals surface area contributed by atoms with Gasteiger partial charge in [-0.05, 0) is 57.2 Å². The van der Waals surface area contributed by atoms with Gasteiger partial charge in [-0.15, -0.1) is 0 Å². The summed E-state index contributed by atoms with van der Waals surface area (Å²) in [6, 6.07) is 14.0. The predicted molar refractivity (Wildman–Crippen MR) is 103 cm³/mol. The molecule has 3 rings (SSSR count). The number of urea groups is 1. The van der Waals surface area contributed by atoms with E-state index in [0.29, 0.717) is 12.4 Å². The van der Waals surface area contributed by atoms with Gasteiger partial charge in [0, 0.05) is 5.69 Å². The molecule has 1 aliphatic heterocycles. The second-order valence-corrected chi connectivity index (χ2v) is 6.41. The van der Waals surface area contributed by atoms with E-state index >= 15 is 0 Å². The first-order chi connectivity index (χ1) is 13.0. The lowest BCUT2D eigenvalue weighted by molar-refractivity contribution is -0.127. The molecule has 2 aromatic carbocycles. The van der Waals surface area contributed by atoms with Crippen molar-refractivity contribution in [1.29, 1.82) is 0 Å². The number of rotatable bonds is 7. The number of carbonyl (C=O) groups is 2. The van der Waals surface area contributed by atoms with Crippen molar-refractivity contribution in [3.63, 3.8) is 0 Å². The van der Waals surface area contributed by atoms with Gasteiger partial charge in [-0.2, -0.15) is 0 Å². The van der Waals surface area contributed by atoms with Crippen LogP contribution in [0.3, 0.4) is 0 Å². The minimum Gasteiger partial charge on any atom is -0.494 e. The minimum absolute atomic E-state index is 0.206. The lowest BCUT2D eigenvalue weighted by atomic mass is 10.2. The fraction of sp³-hybridized carbons (Fsp3) is 0.333. The second kappa shape index (κ2) is 8.12. The number of amides is 3. The number of hydrogen-bond donors (Lipinski definition) is 0. The molecule has 0 radical (unpaired) electrons. The third-order valence-corrected chi connectivity index (χ3v) is 4.48. The van der Waals surface area contributed by atoms with Gasteiger partial charge in [0.2, 0.25) is 0 Å². The molecule has 1 atom stereocenters. The highest BCUT2D eigenvalue weighted by Crippen LogP contribution is 2.26. The number of nitrogens with zero attached hydrogens (tertiary/aromatic N) is 2. The van der Waals surface area contributed by atoms with Crippen LogP contribution in [0.5, 0.6) is 11.5 Å². The summed E-state index contributed by atoms with van der Waals surface area (Å²) in [5.74, 6) is 1.23. The van der Waals surface area contributed by atoms with Gasteiger partial charge < -0.3 is 9.47 Å². The number of ether oxygens (including phenoxy) is 2. The Morgan fingerprint density at radius 2 is 1.52 bits per heavy atom. The average molecular weight is 368 g/mol. The summed E-state index contributed by atoms with van der Waals surface area (Å²) in [7, 11) is 0. The fourth-order valence-electron chi connectivity index (χ4n) is 3.02. The largest absolute Gasteiger partial charge is 0.494 e. The van der Waals surface area contributed by atoms with Crippen LogP contribution in [0, 0.1) is 6.92 Å². The van der Waals surface area contributed by atoms with E-state index in [-0.39, 0.29) is 25.1 Å². The van der Waals surface area contributed by atoms with E-state index in [9.17, 15) is 9.59 Å². The van der Waals surface area contributed by atoms with Crippen LogP contribution in [0.15, 0.2) is 48.5 Å². The van der Waals surface area contributed by atoms with Crippen LogP contribution in [0.2, 0.25) is 0 Å². The zero-order chi connectivity index (χ0) is 19.4. The maximum atomic E-state index is 12.7. The van der Waals surface area contributed by atoms with Gasteiger partial charge in [0.05, 0.1) is 13.2 Å². The van der Waals surface area contributed by atoms with Crippen molar-refractivity contribution in [2.24, 2.45) is 0 Å². The third-order valence-electron chi connectivity index (χ3n) is 4.48. The summed E-state index contributed by atoms with van der Waals surface area (Å²) < 4.78 is 11.1. The normalized spacial score (nSPS) is 16.8. The van der Waals surface area contributed by atoms with E-state index in [0.717, 1.165) is 17.0 Å². The summed E-state index contributed by atoms with van der Waals surface area (Å²) in [5.41, 5.74) is 1.83. The van der Waals surface area contributed by atoms with E-state index in [1.165, 1.54) is 9.80 Å². The zero-order valence-electron chi connectivity index (χ0n) is 15.8. The quantitative estimate of drug-likeness (QED) is 0.700. The van der Waals surface area contributed by atoms with Gasteiger partial charge >= 0.3 is 6.03 Å². The first kappa shape index (κ1) is 18.8. The Morgan fingerprint density at radius 1 is 0.926 bits per heavy atom. The van der Waals surface area contributed by atoms with Crippen molar-refractivity contribution in [1.82, 2.24) is 4.90 Å². The van der Waals surface area contributed by atoms with Crippen molar-refractivity contribution in [2.45, 2.75) is 26.8 Å². The molecule has 6 heteroatoms. The van der Waals surface area contributed by atoms with Crippen LogP contribution < -0.4 is 14.4 Å². The minimum atomic E-state index is -0.523. The van der Waals surface area contributed by atoms with Crippen LogP contribution in [0.25, 0.3) is 0 Å². The molecule has 1 fully saturated rings. The van der Waals surface area contributed by atoms with Gasteiger partial charge in [-0.3, -0.25) is 14.6 Å². The molecule has 0 aliphatic carbocycles. The van der Waals surface area contributed by atoms with Gasteiger partial charge in [0.25, 0.3) is 5.91 Å². The Morgan fingerprint density at radius 3 is 2.11 bits per heavy atom. The molecule has 1 aliphatic rings. The maximum absolute atomic E-state index is 12.7. The number of aryl methyl sites for hydroxylation is 1. The Hall–Kier alpha value is -3.02. The molecule has 0 saturated carbocycles. The molecule has 1 unspecified atom stereocenters. The Bertz CT molecular complexity index is 802. The molecule has 142 valence electrons. The van der Waals surface area contributed by atoms with Crippen LogP contribution in [-0.2, 0) is 4.79 Å². The Labute approximate surface area is 159 Å². The highest BCUT2D eigenvalue weighted by atomic mass is 16.5. The Kier molecular flexibility index (Phi) is 5.64. The van der Waals surface area contributed by atoms with E-state index in [2.05, 4.69) is 0 Å². The van der Waals surface area contributed by atoms with Crippen LogP contribution in [-0.4, -0.2) is 42.6 Å². The summed E-state index contributed by atoms with van der Waals surface area (Å²) in [6.07, 6.45) is 0. The SMILES string of the molecule is CCOc1ccc(OCCN2C(=O)C(C)N(c3ccc(C)cc3)C2=O)cc1. The summed E-state index contributed by atoms with van der Waals surface area (Å²) in [5, 5.41) is 0. The molecular weight excluding hydrogens is 344 g/mol. The molecule has 0 spiro atoms. The monoisotopic (exact) mass is 368 g/mol. The van der Waals surface area contributed by atoms with E-state index < -0.39 is 6.04 Å². The molecule has 0 bridgehead atoms. The maximum Gasteiger partial charge on any atom is 0.332 e. The van der Waals surface area contributed by atoms with Gasteiger partial charge in [-0.25, -0.2) is 4.79 Å². The number of imide groups is 1. The first-order valence-electron chi connectivity index (χ1n) is 9.08. The molecule has 3 amide bonds.